The van der Waals surface area contributed by atoms with Crippen molar-refractivity contribution in [2.45, 2.75) is 52.9 Å². The Balaban J connectivity index is 2.11. The van der Waals surface area contributed by atoms with Crippen LogP contribution in [0.3, 0.4) is 0 Å². The molecule has 0 aromatic heterocycles. The Kier molecular flexibility index (Phi) is 7.80. The average Bonchev–Trinajstić information content (AvgIpc) is 2.65. The van der Waals surface area contributed by atoms with E-state index < -0.39 is 0 Å². The highest BCUT2D eigenvalue weighted by molar-refractivity contribution is 5.95. The van der Waals surface area contributed by atoms with Gasteiger partial charge >= 0.3 is 0 Å². The molecular formula is C24H32N2O2. The zero-order valence-corrected chi connectivity index (χ0v) is 17.7. The quantitative estimate of drug-likeness (QED) is 0.703. The van der Waals surface area contributed by atoms with Crippen molar-refractivity contribution in [2.24, 2.45) is 0 Å². The average molecular weight is 381 g/mol. The molecule has 0 radical (unpaired) electrons. The van der Waals surface area contributed by atoms with E-state index in [1.54, 1.807) is 4.90 Å². The predicted molar refractivity (Wildman–Crippen MR) is 116 cm³/mol. The minimum atomic E-state index is -0.154. The SMILES string of the molecule is CC(=O)N(CCc1ccccc1)CC(=O)Nc1c(C(C)C)cccc1C(C)C. The zero-order valence-electron chi connectivity index (χ0n) is 17.7. The first-order valence-corrected chi connectivity index (χ1v) is 10.0. The maximum atomic E-state index is 12.8. The van der Waals surface area contributed by atoms with Gasteiger partial charge in [0.2, 0.25) is 11.8 Å². The molecule has 0 aliphatic rings. The van der Waals surface area contributed by atoms with Gasteiger partial charge in [-0.15, -0.1) is 0 Å². The van der Waals surface area contributed by atoms with Crippen LogP contribution in [0.15, 0.2) is 48.5 Å². The topological polar surface area (TPSA) is 49.4 Å². The monoisotopic (exact) mass is 380 g/mol. The van der Waals surface area contributed by atoms with E-state index in [1.165, 1.54) is 6.92 Å². The minimum absolute atomic E-state index is 0.0616. The van der Waals surface area contributed by atoms with Gasteiger partial charge in [-0.05, 0) is 34.9 Å². The molecule has 0 unspecified atom stereocenters. The lowest BCUT2D eigenvalue weighted by Gasteiger charge is -2.23. The van der Waals surface area contributed by atoms with Crippen LogP contribution in [0.25, 0.3) is 0 Å². The number of benzene rings is 2. The number of amides is 2. The number of anilines is 1. The van der Waals surface area contributed by atoms with Crippen LogP contribution < -0.4 is 5.32 Å². The minimum Gasteiger partial charge on any atom is -0.333 e. The van der Waals surface area contributed by atoms with Gasteiger partial charge in [0.1, 0.15) is 0 Å². The van der Waals surface area contributed by atoms with Gasteiger partial charge in [-0.1, -0.05) is 76.2 Å². The van der Waals surface area contributed by atoms with Gasteiger partial charge in [-0.2, -0.15) is 0 Å². The third-order valence-electron chi connectivity index (χ3n) is 4.93. The normalized spacial score (nSPS) is 11.0. The van der Waals surface area contributed by atoms with Crippen molar-refractivity contribution in [3.05, 3.63) is 65.2 Å². The van der Waals surface area contributed by atoms with Crippen molar-refractivity contribution in [2.75, 3.05) is 18.4 Å². The first-order valence-electron chi connectivity index (χ1n) is 10.0. The van der Waals surface area contributed by atoms with E-state index in [2.05, 4.69) is 45.1 Å². The number of nitrogens with zero attached hydrogens (tertiary/aromatic N) is 1. The van der Waals surface area contributed by atoms with Gasteiger partial charge in [-0.25, -0.2) is 0 Å². The number of rotatable bonds is 8. The number of para-hydroxylation sites is 1. The van der Waals surface area contributed by atoms with Gasteiger partial charge in [0.05, 0.1) is 6.54 Å². The van der Waals surface area contributed by atoms with Crippen LogP contribution >= 0.6 is 0 Å². The van der Waals surface area contributed by atoms with Gasteiger partial charge < -0.3 is 10.2 Å². The summed E-state index contributed by atoms with van der Waals surface area (Å²) in [6.07, 6.45) is 0.730. The molecule has 0 saturated heterocycles. The molecule has 28 heavy (non-hydrogen) atoms. The van der Waals surface area contributed by atoms with Gasteiger partial charge in [0.15, 0.2) is 0 Å². The highest BCUT2D eigenvalue weighted by atomic mass is 16.2. The fourth-order valence-corrected chi connectivity index (χ4v) is 3.30. The molecule has 4 heteroatoms. The molecule has 0 spiro atoms. The molecule has 0 aliphatic heterocycles. The van der Waals surface area contributed by atoms with Crippen molar-refractivity contribution in [3.8, 4) is 0 Å². The van der Waals surface area contributed by atoms with E-state index in [0.29, 0.717) is 18.4 Å². The van der Waals surface area contributed by atoms with Crippen molar-refractivity contribution in [3.63, 3.8) is 0 Å². The molecule has 2 amide bonds. The summed E-state index contributed by atoms with van der Waals surface area (Å²) in [5.74, 6) is 0.359. The van der Waals surface area contributed by atoms with Crippen LogP contribution in [0, 0.1) is 0 Å². The van der Waals surface area contributed by atoms with Crippen LogP contribution in [0.2, 0.25) is 0 Å². The predicted octanol–water partition coefficient (Wildman–Crippen LogP) is 4.96. The Morgan fingerprint density at radius 1 is 0.893 bits per heavy atom. The van der Waals surface area contributed by atoms with Crippen molar-refractivity contribution >= 4 is 17.5 Å². The Labute approximate surface area is 169 Å². The summed E-state index contributed by atoms with van der Waals surface area (Å²) >= 11 is 0. The maximum absolute atomic E-state index is 12.8. The molecule has 2 rings (SSSR count). The molecule has 2 aromatic carbocycles. The molecule has 4 nitrogen and oxygen atoms in total. The van der Waals surface area contributed by atoms with Crippen LogP contribution in [-0.2, 0) is 16.0 Å². The third kappa shape index (κ3) is 5.95. The standard InChI is InChI=1S/C24H32N2O2/c1-17(2)21-12-9-13-22(18(3)4)24(21)25-23(28)16-26(19(5)27)15-14-20-10-7-6-8-11-20/h6-13,17-18H,14-16H2,1-5H3,(H,25,28). The number of nitrogens with one attached hydrogen (secondary N) is 1. The lowest BCUT2D eigenvalue weighted by Crippen LogP contribution is -2.38. The zero-order chi connectivity index (χ0) is 20.7. The second kappa shape index (κ2) is 10.1. The van der Waals surface area contributed by atoms with Gasteiger partial charge in [-0.3, -0.25) is 9.59 Å². The summed E-state index contributed by atoms with van der Waals surface area (Å²) in [6.45, 7) is 10.6. The Morgan fingerprint density at radius 3 is 1.96 bits per heavy atom. The molecule has 2 aromatic rings. The van der Waals surface area contributed by atoms with Gasteiger partial charge in [0, 0.05) is 19.2 Å². The van der Waals surface area contributed by atoms with Crippen molar-refractivity contribution < 1.29 is 9.59 Å². The van der Waals surface area contributed by atoms with E-state index >= 15 is 0 Å². The first-order chi connectivity index (χ1) is 13.3. The summed E-state index contributed by atoms with van der Waals surface area (Å²) in [7, 11) is 0. The Morgan fingerprint density at radius 2 is 1.46 bits per heavy atom. The number of carbonyl (C=O) groups excluding carboxylic acids is 2. The summed E-state index contributed by atoms with van der Waals surface area (Å²) in [5.41, 5.74) is 4.29. The number of hydrogen-bond donors (Lipinski definition) is 1. The molecule has 150 valence electrons. The summed E-state index contributed by atoms with van der Waals surface area (Å²) in [5, 5.41) is 3.09. The van der Waals surface area contributed by atoms with Crippen LogP contribution in [-0.4, -0.2) is 29.8 Å². The second-order valence-electron chi connectivity index (χ2n) is 7.85. The smallest absolute Gasteiger partial charge is 0.244 e. The summed E-state index contributed by atoms with van der Waals surface area (Å²) < 4.78 is 0. The highest BCUT2D eigenvalue weighted by Crippen LogP contribution is 2.32. The van der Waals surface area contributed by atoms with E-state index in [1.807, 2.05) is 36.4 Å². The molecule has 0 bridgehead atoms. The molecule has 0 heterocycles. The van der Waals surface area contributed by atoms with Gasteiger partial charge in [0.25, 0.3) is 0 Å². The summed E-state index contributed by atoms with van der Waals surface area (Å²) in [6, 6.07) is 16.2. The van der Waals surface area contributed by atoms with E-state index in [0.717, 1.165) is 28.8 Å². The lowest BCUT2D eigenvalue weighted by atomic mass is 9.92. The van der Waals surface area contributed by atoms with E-state index in [-0.39, 0.29) is 18.4 Å². The molecule has 0 aliphatic carbocycles. The molecule has 0 fully saturated rings. The number of carbonyl (C=O) groups is 2. The van der Waals surface area contributed by atoms with E-state index in [9.17, 15) is 9.59 Å². The molecule has 0 saturated carbocycles. The van der Waals surface area contributed by atoms with Crippen LogP contribution in [0.5, 0.6) is 0 Å². The van der Waals surface area contributed by atoms with Crippen molar-refractivity contribution in [1.29, 1.82) is 0 Å². The molecular weight excluding hydrogens is 348 g/mol. The summed E-state index contributed by atoms with van der Waals surface area (Å²) in [4.78, 5) is 26.4. The lowest BCUT2D eigenvalue weighted by molar-refractivity contribution is -0.132. The molecule has 1 N–H and O–H groups in total. The first kappa shape index (κ1) is 21.7. The highest BCUT2D eigenvalue weighted by Gasteiger charge is 2.18. The van der Waals surface area contributed by atoms with Crippen LogP contribution in [0.4, 0.5) is 5.69 Å². The third-order valence-corrected chi connectivity index (χ3v) is 4.93. The Hall–Kier alpha value is -2.62. The van der Waals surface area contributed by atoms with Crippen molar-refractivity contribution in [1.82, 2.24) is 4.90 Å². The Bertz CT molecular complexity index is 771. The largest absolute Gasteiger partial charge is 0.333 e. The fourth-order valence-electron chi connectivity index (χ4n) is 3.30. The van der Waals surface area contributed by atoms with Crippen LogP contribution in [0.1, 0.15) is 63.1 Å². The fraction of sp³-hybridized carbons (Fsp3) is 0.417. The second-order valence-corrected chi connectivity index (χ2v) is 7.85. The number of hydrogen-bond acceptors (Lipinski definition) is 2. The maximum Gasteiger partial charge on any atom is 0.244 e. The molecule has 0 atom stereocenters. The van der Waals surface area contributed by atoms with E-state index in [4.69, 9.17) is 0 Å².